The standard InChI is InChI=1S/C27H27ClF3N9O2/c1-17-2-3-18(25(41)37-19-4-5-21(28)20(13-19)27(29,30)31)12-22(17)38-26-35-16-36-40(26)24-14-23(33-15-34-24)32-6-7-39-8-10-42-11-9-39/h2-5,12-16H,6-11H2,1H3,(H,37,41)(H,32,33,34)(H,35,36,38). The zero-order chi connectivity index (χ0) is 29.7. The smallest absolute Gasteiger partial charge is 0.379 e. The van der Waals surface area contributed by atoms with Gasteiger partial charge >= 0.3 is 6.18 Å². The molecule has 11 nitrogen and oxygen atoms in total. The molecule has 3 heterocycles. The normalized spacial score (nSPS) is 14.0. The fourth-order valence-corrected chi connectivity index (χ4v) is 4.49. The molecule has 0 aliphatic carbocycles. The molecule has 0 atom stereocenters. The Hall–Kier alpha value is -4.27. The third kappa shape index (κ3) is 7.13. The van der Waals surface area contributed by atoms with Gasteiger partial charge in [0, 0.05) is 49.2 Å². The maximum absolute atomic E-state index is 13.2. The molecule has 0 spiro atoms. The number of rotatable bonds is 9. The molecule has 42 heavy (non-hydrogen) atoms. The van der Waals surface area contributed by atoms with E-state index in [1.54, 1.807) is 24.3 Å². The highest BCUT2D eigenvalue weighted by molar-refractivity contribution is 6.31. The second kappa shape index (κ2) is 12.7. The van der Waals surface area contributed by atoms with Gasteiger partial charge in [0.05, 0.1) is 23.8 Å². The van der Waals surface area contributed by atoms with Gasteiger partial charge in [0.2, 0.25) is 5.95 Å². The van der Waals surface area contributed by atoms with Gasteiger partial charge in [-0.1, -0.05) is 17.7 Å². The van der Waals surface area contributed by atoms with Crippen molar-refractivity contribution >= 4 is 40.6 Å². The van der Waals surface area contributed by atoms with Crippen molar-refractivity contribution in [2.24, 2.45) is 0 Å². The quantitative estimate of drug-likeness (QED) is 0.249. The number of hydrogen-bond donors (Lipinski definition) is 3. The number of aryl methyl sites for hydroxylation is 1. The molecule has 2 aromatic heterocycles. The zero-order valence-electron chi connectivity index (χ0n) is 22.5. The summed E-state index contributed by atoms with van der Waals surface area (Å²) in [7, 11) is 0. The highest BCUT2D eigenvalue weighted by atomic mass is 35.5. The number of nitrogens with zero attached hydrogens (tertiary/aromatic N) is 6. The summed E-state index contributed by atoms with van der Waals surface area (Å²) >= 11 is 5.69. The fraction of sp³-hybridized carbons (Fsp3) is 0.296. The number of carbonyl (C=O) groups is 1. The first-order chi connectivity index (χ1) is 20.2. The summed E-state index contributed by atoms with van der Waals surface area (Å²) in [6, 6.07) is 9.79. The molecule has 1 aliphatic heterocycles. The van der Waals surface area contributed by atoms with Crippen LogP contribution in [-0.4, -0.2) is 74.9 Å². The number of halogens is 4. The third-order valence-electron chi connectivity index (χ3n) is 6.53. The van der Waals surface area contributed by atoms with Gasteiger partial charge in [-0.05, 0) is 42.8 Å². The van der Waals surface area contributed by atoms with Crippen molar-refractivity contribution in [2.45, 2.75) is 13.1 Å². The van der Waals surface area contributed by atoms with E-state index in [1.807, 2.05) is 6.92 Å². The molecule has 5 rings (SSSR count). The van der Waals surface area contributed by atoms with Gasteiger partial charge in [-0.2, -0.15) is 27.9 Å². The van der Waals surface area contributed by atoms with Gasteiger partial charge in [0.25, 0.3) is 5.91 Å². The topological polar surface area (TPSA) is 122 Å². The Morgan fingerprint density at radius 1 is 1.05 bits per heavy atom. The number of carbonyl (C=O) groups excluding carboxylic acids is 1. The van der Waals surface area contributed by atoms with Crippen LogP contribution in [-0.2, 0) is 10.9 Å². The second-order valence-corrected chi connectivity index (χ2v) is 9.85. The molecule has 220 valence electrons. The zero-order valence-corrected chi connectivity index (χ0v) is 23.2. The predicted octanol–water partition coefficient (Wildman–Crippen LogP) is 4.78. The maximum atomic E-state index is 13.2. The molecule has 4 aromatic rings. The Balaban J connectivity index is 1.28. The molecule has 3 N–H and O–H groups in total. The second-order valence-electron chi connectivity index (χ2n) is 9.44. The number of ether oxygens (including phenoxy) is 1. The fourth-order valence-electron chi connectivity index (χ4n) is 4.26. The molecule has 0 saturated carbocycles. The summed E-state index contributed by atoms with van der Waals surface area (Å²) in [6.45, 7) is 6.64. The molecule has 2 aromatic carbocycles. The van der Waals surface area contributed by atoms with Gasteiger partial charge in [-0.15, -0.1) is 0 Å². The lowest BCUT2D eigenvalue weighted by atomic mass is 10.1. The van der Waals surface area contributed by atoms with Crippen molar-refractivity contribution in [1.82, 2.24) is 29.6 Å². The first-order valence-corrected chi connectivity index (χ1v) is 13.4. The SMILES string of the molecule is Cc1ccc(C(=O)Nc2ccc(Cl)c(C(F)(F)F)c2)cc1Nc1ncnn1-c1cc(NCCN2CCOCC2)ncn1. The molecule has 1 saturated heterocycles. The number of aromatic nitrogens is 5. The number of hydrogen-bond acceptors (Lipinski definition) is 9. The summed E-state index contributed by atoms with van der Waals surface area (Å²) < 4.78 is 46.6. The van der Waals surface area contributed by atoms with E-state index in [4.69, 9.17) is 16.3 Å². The van der Waals surface area contributed by atoms with Crippen molar-refractivity contribution < 1.29 is 22.7 Å². The molecule has 1 fully saturated rings. The predicted molar refractivity (Wildman–Crippen MR) is 152 cm³/mol. The molecule has 1 aliphatic rings. The molecular weight excluding hydrogens is 575 g/mol. The van der Waals surface area contributed by atoms with Crippen molar-refractivity contribution in [3.05, 3.63) is 76.8 Å². The van der Waals surface area contributed by atoms with Crippen molar-refractivity contribution in [2.75, 3.05) is 55.3 Å². The average molecular weight is 602 g/mol. The van der Waals surface area contributed by atoms with Crippen molar-refractivity contribution in [1.29, 1.82) is 0 Å². The van der Waals surface area contributed by atoms with Crippen LogP contribution in [0.1, 0.15) is 21.5 Å². The number of amides is 1. The Morgan fingerprint density at radius 3 is 2.64 bits per heavy atom. The first-order valence-electron chi connectivity index (χ1n) is 13.0. The van der Waals surface area contributed by atoms with Gasteiger partial charge in [-0.25, -0.2) is 9.97 Å². The van der Waals surface area contributed by atoms with Crippen molar-refractivity contribution in [3.8, 4) is 5.82 Å². The summed E-state index contributed by atoms with van der Waals surface area (Å²) in [5.41, 5.74) is 0.478. The minimum absolute atomic E-state index is 0.0373. The van der Waals surface area contributed by atoms with E-state index in [9.17, 15) is 18.0 Å². The maximum Gasteiger partial charge on any atom is 0.417 e. The number of nitrogens with one attached hydrogen (secondary N) is 3. The number of morpholine rings is 1. The summed E-state index contributed by atoms with van der Waals surface area (Å²) in [5, 5.41) is 12.8. The Kier molecular flexibility index (Phi) is 8.85. The molecule has 0 unspecified atom stereocenters. The third-order valence-corrected chi connectivity index (χ3v) is 6.86. The van der Waals surface area contributed by atoms with E-state index in [0.717, 1.165) is 50.5 Å². The van der Waals surface area contributed by atoms with Gasteiger partial charge < -0.3 is 20.7 Å². The van der Waals surface area contributed by atoms with E-state index >= 15 is 0 Å². The minimum atomic E-state index is -4.65. The molecule has 15 heteroatoms. The first kappa shape index (κ1) is 29.2. The van der Waals surface area contributed by atoms with Gasteiger partial charge in [0.1, 0.15) is 18.5 Å². The highest BCUT2D eigenvalue weighted by Crippen LogP contribution is 2.36. The Labute approximate surface area is 244 Å². The van der Waals surface area contributed by atoms with E-state index < -0.39 is 22.7 Å². The van der Waals surface area contributed by atoms with Crippen LogP contribution in [0.3, 0.4) is 0 Å². The summed E-state index contributed by atoms with van der Waals surface area (Å²) in [5.74, 6) is 0.828. The number of alkyl halides is 3. The van der Waals surface area contributed by atoms with Gasteiger partial charge in [-0.3, -0.25) is 9.69 Å². The van der Waals surface area contributed by atoms with Gasteiger partial charge in [0.15, 0.2) is 5.82 Å². The minimum Gasteiger partial charge on any atom is -0.379 e. The van der Waals surface area contributed by atoms with E-state index in [-0.39, 0.29) is 11.3 Å². The Bertz CT molecular complexity index is 1560. The van der Waals surface area contributed by atoms with Crippen molar-refractivity contribution in [3.63, 3.8) is 0 Å². The van der Waals surface area contributed by atoms with E-state index in [1.165, 1.54) is 23.4 Å². The van der Waals surface area contributed by atoms with Crippen LogP contribution in [0.2, 0.25) is 5.02 Å². The van der Waals surface area contributed by atoms with Crippen LogP contribution in [0.5, 0.6) is 0 Å². The summed E-state index contributed by atoms with van der Waals surface area (Å²) in [4.78, 5) is 28.1. The monoisotopic (exact) mass is 601 g/mol. The Morgan fingerprint density at radius 2 is 1.86 bits per heavy atom. The molecule has 0 radical (unpaired) electrons. The van der Waals surface area contributed by atoms with Crippen LogP contribution < -0.4 is 16.0 Å². The number of anilines is 4. The van der Waals surface area contributed by atoms with Crippen LogP contribution in [0.4, 0.5) is 36.3 Å². The molecule has 1 amide bonds. The van der Waals surface area contributed by atoms with E-state index in [2.05, 4.69) is 40.9 Å². The van der Waals surface area contributed by atoms with Crippen LogP contribution in [0.15, 0.2) is 55.1 Å². The van der Waals surface area contributed by atoms with Crippen LogP contribution in [0.25, 0.3) is 5.82 Å². The lowest BCUT2D eigenvalue weighted by Gasteiger charge is -2.26. The lowest BCUT2D eigenvalue weighted by molar-refractivity contribution is -0.137. The van der Waals surface area contributed by atoms with Crippen LogP contribution >= 0.6 is 11.6 Å². The molecular formula is C27H27ClF3N9O2. The van der Waals surface area contributed by atoms with Crippen LogP contribution in [0, 0.1) is 6.92 Å². The highest BCUT2D eigenvalue weighted by Gasteiger charge is 2.33. The molecule has 0 bridgehead atoms. The summed E-state index contributed by atoms with van der Waals surface area (Å²) in [6.07, 6.45) is -1.87. The average Bonchev–Trinajstić information content (AvgIpc) is 3.43. The number of benzene rings is 2. The van der Waals surface area contributed by atoms with E-state index in [0.29, 0.717) is 29.8 Å². The largest absolute Gasteiger partial charge is 0.417 e. The lowest BCUT2D eigenvalue weighted by Crippen LogP contribution is -2.39.